The van der Waals surface area contributed by atoms with Crippen LogP contribution in [0, 0.1) is 5.92 Å². The van der Waals surface area contributed by atoms with Crippen LogP contribution >= 0.6 is 0 Å². The summed E-state index contributed by atoms with van der Waals surface area (Å²) < 4.78 is 0. The molecule has 100 valence electrons. The first-order valence-corrected chi connectivity index (χ1v) is 7.16. The number of hydrogen-bond donors (Lipinski definition) is 1. The second-order valence-electron chi connectivity index (χ2n) is 5.25. The van der Waals surface area contributed by atoms with Crippen molar-refractivity contribution in [1.29, 1.82) is 0 Å². The van der Waals surface area contributed by atoms with E-state index in [1.807, 2.05) is 18.5 Å². The predicted octanol–water partition coefficient (Wildman–Crippen LogP) is 2.46. The first-order chi connectivity index (χ1) is 8.81. The molecule has 1 aliphatic heterocycles. The van der Waals surface area contributed by atoms with Crippen molar-refractivity contribution in [3.8, 4) is 0 Å². The van der Waals surface area contributed by atoms with Gasteiger partial charge >= 0.3 is 0 Å². The number of likely N-dealkylation sites (tertiary alicyclic amines) is 1. The molecule has 18 heavy (non-hydrogen) atoms. The highest BCUT2D eigenvalue weighted by Crippen LogP contribution is 2.25. The summed E-state index contributed by atoms with van der Waals surface area (Å²) in [5.74, 6) is 0.863. The van der Waals surface area contributed by atoms with Gasteiger partial charge in [-0.2, -0.15) is 0 Å². The van der Waals surface area contributed by atoms with Crippen molar-refractivity contribution in [3.63, 3.8) is 0 Å². The van der Waals surface area contributed by atoms with Gasteiger partial charge in [0, 0.05) is 18.4 Å². The number of piperidine rings is 1. The lowest BCUT2D eigenvalue weighted by molar-refractivity contribution is 0.140. The first-order valence-electron chi connectivity index (χ1n) is 7.16. The number of pyridine rings is 1. The van der Waals surface area contributed by atoms with Crippen LogP contribution < -0.4 is 5.32 Å². The minimum absolute atomic E-state index is 0.499. The number of hydrogen-bond acceptors (Lipinski definition) is 3. The molecular formula is C15H25N3. The highest BCUT2D eigenvalue weighted by Gasteiger charge is 2.23. The van der Waals surface area contributed by atoms with Crippen LogP contribution in [-0.2, 0) is 0 Å². The van der Waals surface area contributed by atoms with E-state index in [0.717, 1.165) is 12.5 Å². The number of rotatable bonds is 5. The Morgan fingerprint density at radius 1 is 1.44 bits per heavy atom. The van der Waals surface area contributed by atoms with Crippen LogP contribution in [0.5, 0.6) is 0 Å². The van der Waals surface area contributed by atoms with Crippen molar-refractivity contribution in [3.05, 3.63) is 30.1 Å². The zero-order chi connectivity index (χ0) is 12.8. The van der Waals surface area contributed by atoms with E-state index in [9.17, 15) is 0 Å². The van der Waals surface area contributed by atoms with Crippen molar-refractivity contribution in [2.24, 2.45) is 5.92 Å². The van der Waals surface area contributed by atoms with Crippen LogP contribution in [0.25, 0.3) is 0 Å². The Hall–Kier alpha value is -0.930. The van der Waals surface area contributed by atoms with E-state index in [-0.39, 0.29) is 0 Å². The second kappa shape index (κ2) is 6.86. The van der Waals surface area contributed by atoms with E-state index < -0.39 is 0 Å². The Balaban J connectivity index is 1.82. The summed E-state index contributed by atoms with van der Waals surface area (Å²) in [4.78, 5) is 6.80. The van der Waals surface area contributed by atoms with Gasteiger partial charge in [0.1, 0.15) is 0 Å². The lowest BCUT2D eigenvalue weighted by Crippen LogP contribution is -2.38. The lowest BCUT2D eigenvalue weighted by atomic mass is 9.95. The van der Waals surface area contributed by atoms with Crippen LogP contribution in [-0.4, -0.2) is 36.1 Å². The van der Waals surface area contributed by atoms with Gasteiger partial charge in [-0.05, 0) is 63.5 Å². The summed E-state index contributed by atoms with van der Waals surface area (Å²) in [6, 6.07) is 4.71. The summed E-state index contributed by atoms with van der Waals surface area (Å²) in [5, 5.41) is 3.47. The molecule has 2 heterocycles. The molecule has 1 aliphatic rings. The van der Waals surface area contributed by atoms with Gasteiger partial charge in [0.2, 0.25) is 0 Å². The van der Waals surface area contributed by atoms with Crippen LogP contribution in [0.2, 0.25) is 0 Å². The molecule has 1 N–H and O–H groups in total. The molecule has 0 radical (unpaired) electrons. The quantitative estimate of drug-likeness (QED) is 0.866. The Morgan fingerprint density at radius 2 is 2.22 bits per heavy atom. The third-order valence-electron chi connectivity index (χ3n) is 4.05. The normalized spacial score (nSPS) is 19.9. The van der Waals surface area contributed by atoms with Gasteiger partial charge in [-0.1, -0.05) is 13.0 Å². The fourth-order valence-electron chi connectivity index (χ4n) is 2.73. The molecule has 0 spiro atoms. The minimum atomic E-state index is 0.499. The largest absolute Gasteiger partial charge is 0.317 e. The van der Waals surface area contributed by atoms with Crippen molar-refractivity contribution in [2.45, 2.75) is 32.7 Å². The molecular weight excluding hydrogens is 222 g/mol. The number of nitrogens with zero attached hydrogens (tertiary/aromatic N) is 2. The van der Waals surface area contributed by atoms with E-state index in [0.29, 0.717) is 6.04 Å². The summed E-state index contributed by atoms with van der Waals surface area (Å²) in [7, 11) is 0. The molecule has 3 heteroatoms. The van der Waals surface area contributed by atoms with E-state index >= 15 is 0 Å². The molecule has 3 nitrogen and oxygen atoms in total. The van der Waals surface area contributed by atoms with E-state index in [2.05, 4.69) is 35.1 Å². The second-order valence-corrected chi connectivity index (χ2v) is 5.25. The zero-order valence-electron chi connectivity index (χ0n) is 11.6. The summed E-state index contributed by atoms with van der Waals surface area (Å²) in [6.07, 6.45) is 6.48. The zero-order valence-corrected chi connectivity index (χ0v) is 11.6. The molecule has 0 aromatic carbocycles. The fourth-order valence-corrected chi connectivity index (χ4v) is 2.73. The van der Waals surface area contributed by atoms with Gasteiger partial charge in [-0.15, -0.1) is 0 Å². The predicted molar refractivity (Wildman–Crippen MR) is 75.5 cm³/mol. The Bertz CT molecular complexity index is 331. The van der Waals surface area contributed by atoms with Gasteiger partial charge < -0.3 is 5.32 Å². The first kappa shape index (κ1) is 13.5. The average Bonchev–Trinajstić information content (AvgIpc) is 2.46. The van der Waals surface area contributed by atoms with E-state index in [1.54, 1.807) is 0 Å². The van der Waals surface area contributed by atoms with Crippen LogP contribution in [0.15, 0.2) is 24.5 Å². The molecule has 0 amide bonds. The molecule has 1 unspecified atom stereocenters. The maximum absolute atomic E-state index is 4.22. The molecule has 1 aromatic rings. The molecule has 0 bridgehead atoms. The third kappa shape index (κ3) is 3.53. The van der Waals surface area contributed by atoms with Gasteiger partial charge in [0.05, 0.1) is 0 Å². The number of nitrogens with one attached hydrogen (secondary N) is 1. The minimum Gasteiger partial charge on any atom is -0.317 e. The average molecular weight is 247 g/mol. The molecule has 1 saturated heterocycles. The molecule has 0 aliphatic carbocycles. The SMILES string of the molecule is CCNCC1CCN(C(C)c2cccnc2)CC1. The maximum Gasteiger partial charge on any atom is 0.0335 e. The molecule has 1 aromatic heterocycles. The Morgan fingerprint density at radius 3 is 2.83 bits per heavy atom. The third-order valence-corrected chi connectivity index (χ3v) is 4.05. The Labute approximate surface area is 111 Å². The molecule has 0 saturated carbocycles. The van der Waals surface area contributed by atoms with Crippen LogP contribution in [0.4, 0.5) is 0 Å². The van der Waals surface area contributed by atoms with Crippen LogP contribution in [0.3, 0.4) is 0 Å². The summed E-state index contributed by atoms with van der Waals surface area (Å²) >= 11 is 0. The van der Waals surface area contributed by atoms with Gasteiger partial charge in [-0.3, -0.25) is 9.88 Å². The number of aromatic nitrogens is 1. The van der Waals surface area contributed by atoms with Crippen molar-refractivity contribution < 1.29 is 0 Å². The molecule has 2 rings (SSSR count). The smallest absolute Gasteiger partial charge is 0.0335 e. The Kier molecular flexibility index (Phi) is 5.14. The summed E-state index contributed by atoms with van der Waals surface area (Å²) in [6.45, 7) is 9.18. The van der Waals surface area contributed by atoms with Gasteiger partial charge in [0.25, 0.3) is 0 Å². The van der Waals surface area contributed by atoms with Crippen molar-refractivity contribution >= 4 is 0 Å². The molecule has 1 fully saturated rings. The summed E-state index contributed by atoms with van der Waals surface area (Å²) in [5.41, 5.74) is 1.34. The standard InChI is InChI=1S/C15H25N3/c1-3-16-11-14-6-9-18(10-7-14)13(2)15-5-4-8-17-12-15/h4-5,8,12-14,16H,3,6-7,9-11H2,1-2H3. The van der Waals surface area contributed by atoms with E-state index in [4.69, 9.17) is 0 Å². The molecule has 1 atom stereocenters. The monoisotopic (exact) mass is 247 g/mol. The fraction of sp³-hybridized carbons (Fsp3) is 0.667. The van der Waals surface area contributed by atoms with E-state index in [1.165, 1.54) is 38.0 Å². The van der Waals surface area contributed by atoms with Crippen molar-refractivity contribution in [2.75, 3.05) is 26.2 Å². The van der Waals surface area contributed by atoms with Crippen molar-refractivity contribution in [1.82, 2.24) is 15.2 Å². The maximum atomic E-state index is 4.22. The topological polar surface area (TPSA) is 28.2 Å². The highest BCUT2D eigenvalue weighted by molar-refractivity contribution is 5.13. The lowest BCUT2D eigenvalue weighted by Gasteiger charge is -2.36. The van der Waals surface area contributed by atoms with Crippen LogP contribution in [0.1, 0.15) is 38.3 Å². The van der Waals surface area contributed by atoms with Gasteiger partial charge in [-0.25, -0.2) is 0 Å². The van der Waals surface area contributed by atoms with Gasteiger partial charge in [0.15, 0.2) is 0 Å². The highest BCUT2D eigenvalue weighted by atomic mass is 15.2.